The van der Waals surface area contributed by atoms with Crippen LogP contribution in [0, 0.1) is 5.82 Å². The molecule has 1 amide bonds. The fourth-order valence-electron chi connectivity index (χ4n) is 4.15. The van der Waals surface area contributed by atoms with Gasteiger partial charge < -0.3 is 20.8 Å². The van der Waals surface area contributed by atoms with Crippen molar-refractivity contribution in [3.8, 4) is 0 Å². The molecule has 11 heteroatoms. The van der Waals surface area contributed by atoms with Crippen LogP contribution in [0.3, 0.4) is 0 Å². The summed E-state index contributed by atoms with van der Waals surface area (Å²) in [6.45, 7) is 4.32. The maximum atomic E-state index is 13.9. The highest BCUT2D eigenvalue weighted by Crippen LogP contribution is 2.43. The van der Waals surface area contributed by atoms with Crippen LogP contribution in [0.15, 0.2) is 58.3 Å². The number of carboxylic acid groups (broad SMARTS) is 2. The first-order valence-corrected chi connectivity index (χ1v) is 12.5. The Hall–Kier alpha value is -2.92. The number of amides is 1. The Kier molecular flexibility index (Phi) is 9.89. The molecule has 0 bridgehead atoms. The fourth-order valence-corrected chi connectivity index (χ4v) is 5.49. The molecule has 192 valence electrons. The molecule has 0 aliphatic carbocycles. The zero-order valence-corrected chi connectivity index (χ0v) is 21.0. The van der Waals surface area contributed by atoms with E-state index in [0.29, 0.717) is 25.1 Å². The summed E-state index contributed by atoms with van der Waals surface area (Å²) in [6, 6.07) is 11.3. The van der Waals surface area contributed by atoms with Gasteiger partial charge in [0.25, 0.3) is 0 Å². The van der Waals surface area contributed by atoms with Gasteiger partial charge >= 0.3 is 11.9 Å². The maximum Gasteiger partial charge on any atom is 0.328 e. The summed E-state index contributed by atoms with van der Waals surface area (Å²) in [7, 11) is 0. The number of rotatable bonds is 6. The Morgan fingerprint density at radius 1 is 1.03 bits per heavy atom. The highest BCUT2D eigenvalue weighted by molar-refractivity contribution is 7.99. The van der Waals surface area contributed by atoms with E-state index in [-0.39, 0.29) is 17.8 Å². The minimum atomic E-state index is -1.26. The van der Waals surface area contributed by atoms with Crippen molar-refractivity contribution < 1.29 is 29.0 Å². The van der Waals surface area contributed by atoms with Crippen LogP contribution in [0.1, 0.15) is 23.6 Å². The summed E-state index contributed by atoms with van der Waals surface area (Å²) in [5, 5.41) is 16.4. The third-order valence-electron chi connectivity index (χ3n) is 5.88. The Morgan fingerprint density at radius 2 is 1.69 bits per heavy atom. The van der Waals surface area contributed by atoms with Gasteiger partial charge in [-0.25, -0.2) is 14.0 Å². The Bertz CT molecular complexity index is 1140. The predicted octanol–water partition coefficient (Wildman–Crippen LogP) is 3.43. The number of aliphatic carboxylic acids is 2. The fraction of sp³-hybridized carbons (Fsp3) is 0.320. The number of benzene rings is 2. The average molecular weight is 536 g/mol. The number of nitrogens with two attached hydrogens (primary N) is 1. The van der Waals surface area contributed by atoms with Gasteiger partial charge in [0.15, 0.2) is 0 Å². The third-order valence-corrected chi connectivity index (χ3v) is 7.31. The van der Waals surface area contributed by atoms with Gasteiger partial charge in [-0.3, -0.25) is 9.69 Å². The molecule has 0 aromatic heterocycles. The number of carboxylic acids is 2. The zero-order valence-electron chi connectivity index (χ0n) is 19.4. The number of piperazine rings is 1. The minimum absolute atomic E-state index is 0.182. The number of hydrogen-bond donors (Lipinski definition) is 3. The average Bonchev–Trinajstić information content (AvgIpc) is 2.98. The summed E-state index contributed by atoms with van der Waals surface area (Å²) < 4.78 is 13.9. The summed E-state index contributed by atoms with van der Waals surface area (Å²) in [5.74, 6) is -2.98. The number of halogens is 2. The lowest BCUT2D eigenvalue weighted by molar-refractivity contribution is -0.134. The first-order valence-electron chi connectivity index (χ1n) is 11.3. The molecule has 0 saturated carbocycles. The van der Waals surface area contributed by atoms with Crippen LogP contribution in [-0.4, -0.2) is 70.6 Å². The van der Waals surface area contributed by atoms with Gasteiger partial charge in [0, 0.05) is 72.2 Å². The van der Waals surface area contributed by atoms with E-state index in [2.05, 4.69) is 9.80 Å². The van der Waals surface area contributed by atoms with Gasteiger partial charge in [-0.05, 0) is 47.9 Å². The van der Waals surface area contributed by atoms with Crippen molar-refractivity contribution in [1.82, 2.24) is 9.80 Å². The number of hydrogen-bond acceptors (Lipinski definition) is 6. The molecule has 2 aromatic rings. The standard InChI is InChI=1S/C21H23ClFN3OS.C4H4O4/c22-15-1-4-19-14(11-15)12-18(17-3-2-16(23)13-20(17)28-19)26-9-7-25(8-10-26)6-5-21(24)27;5-3(6)1-2-4(7)8/h1-4,11,13,18H,5-10,12H2,(H2,24,27);1-2H,(H,5,6)(H,7,8)/b;2-1+. The Balaban J connectivity index is 0.000000392. The lowest BCUT2D eigenvalue weighted by atomic mass is 9.96. The monoisotopic (exact) mass is 535 g/mol. The molecule has 4 rings (SSSR count). The maximum absolute atomic E-state index is 13.9. The second kappa shape index (κ2) is 12.9. The third kappa shape index (κ3) is 8.06. The highest BCUT2D eigenvalue weighted by atomic mass is 35.5. The molecule has 1 atom stereocenters. The molecule has 36 heavy (non-hydrogen) atoms. The van der Waals surface area contributed by atoms with Crippen molar-refractivity contribution in [2.45, 2.75) is 28.7 Å². The zero-order chi connectivity index (χ0) is 26.2. The van der Waals surface area contributed by atoms with Crippen LogP contribution in [0.4, 0.5) is 4.39 Å². The molecular formula is C25H27ClFN3O5S. The number of nitrogens with zero attached hydrogens (tertiary/aromatic N) is 2. The van der Waals surface area contributed by atoms with Crippen LogP contribution in [0.5, 0.6) is 0 Å². The van der Waals surface area contributed by atoms with Crippen LogP contribution in [0.25, 0.3) is 0 Å². The SMILES string of the molecule is NC(=O)CCN1CCN(C2Cc3cc(Cl)ccc3Sc3cc(F)ccc32)CC1.O=C(O)/C=C/C(=O)O. The molecule has 1 fully saturated rings. The molecule has 0 spiro atoms. The lowest BCUT2D eigenvalue weighted by Gasteiger charge is -2.39. The Morgan fingerprint density at radius 3 is 2.31 bits per heavy atom. The topological polar surface area (TPSA) is 124 Å². The summed E-state index contributed by atoms with van der Waals surface area (Å²) in [5.41, 5.74) is 7.65. The van der Waals surface area contributed by atoms with E-state index in [1.54, 1.807) is 23.9 Å². The molecule has 2 heterocycles. The quantitative estimate of drug-likeness (QED) is 0.481. The van der Waals surface area contributed by atoms with E-state index in [1.807, 2.05) is 24.3 Å². The van der Waals surface area contributed by atoms with Gasteiger partial charge in [0.1, 0.15) is 5.82 Å². The minimum Gasteiger partial charge on any atom is -0.478 e. The first-order chi connectivity index (χ1) is 17.1. The highest BCUT2D eigenvalue weighted by Gasteiger charge is 2.30. The van der Waals surface area contributed by atoms with Crippen LogP contribution in [-0.2, 0) is 20.8 Å². The number of carbonyl (C=O) groups excluding carboxylic acids is 1. The normalized spacial score (nSPS) is 17.9. The number of primary amides is 1. The first kappa shape index (κ1) is 27.7. The van der Waals surface area contributed by atoms with Crippen LogP contribution < -0.4 is 5.73 Å². The molecule has 2 aliphatic rings. The molecule has 2 aliphatic heterocycles. The van der Waals surface area contributed by atoms with E-state index in [1.165, 1.54) is 11.1 Å². The van der Waals surface area contributed by atoms with Gasteiger partial charge in [-0.1, -0.05) is 29.4 Å². The second-order valence-corrected chi connectivity index (χ2v) is 9.88. The lowest BCUT2D eigenvalue weighted by Crippen LogP contribution is -2.48. The molecule has 8 nitrogen and oxygen atoms in total. The van der Waals surface area contributed by atoms with E-state index < -0.39 is 11.9 Å². The van der Waals surface area contributed by atoms with Gasteiger partial charge in [-0.15, -0.1) is 0 Å². The van der Waals surface area contributed by atoms with E-state index in [0.717, 1.165) is 47.4 Å². The summed E-state index contributed by atoms with van der Waals surface area (Å²) >= 11 is 7.87. The van der Waals surface area contributed by atoms with Crippen molar-refractivity contribution in [3.05, 3.63) is 70.5 Å². The van der Waals surface area contributed by atoms with Crippen molar-refractivity contribution in [3.63, 3.8) is 0 Å². The number of carbonyl (C=O) groups is 3. The summed E-state index contributed by atoms with van der Waals surface area (Å²) in [4.78, 5) is 37.0. The molecule has 2 aromatic carbocycles. The van der Waals surface area contributed by atoms with Crippen molar-refractivity contribution in [2.75, 3.05) is 32.7 Å². The van der Waals surface area contributed by atoms with Gasteiger partial charge in [-0.2, -0.15) is 0 Å². The van der Waals surface area contributed by atoms with Crippen molar-refractivity contribution >= 4 is 41.2 Å². The van der Waals surface area contributed by atoms with Gasteiger partial charge in [0.05, 0.1) is 0 Å². The van der Waals surface area contributed by atoms with Gasteiger partial charge in [0.2, 0.25) is 5.91 Å². The van der Waals surface area contributed by atoms with E-state index in [4.69, 9.17) is 27.5 Å². The largest absolute Gasteiger partial charge is 0.478 e. The second-order valence-electron chi connectivity index (χ2n) is 8.36. The molecule has 4 N–H and O–H groups in total. The molecule has 0 radical (unpaired) electrons. The molecular weight excluding hydrogens is 509 g/mol. The molecule has 1 saturated heterocycles. The smallest absolute Gasteiger partial charge is 0.328 e. The van der Waals surface area contributed by atoms with Crippen LogP contribution in [0.2, 0.25) is 5.02 Å². The Labute approximate surface area is 217 Å². The predicted molar refractivity (Wildman–Crippen MR) is 135 cm³/mol. The summed E-state index contributed by atoms with van der Waals surface area (Å²) in [6.07, 6.45) is 2.36. The number of fused-ring (bicyclic) bond motifs is 2. The van der Waals surface area contributed by atoms with E-state index in [9.17, 15) is 18.8 Å². The van der Waals surface area contributed by atoms with E-state index >= 15 is 0 Å². The molecule has 1 unspecified atom stereocenters. The van der Waals surface area contributed by atoms with Crippen LogP contribution >= 0.6 is 23.4 Å². The van der Waals surface area contributed by atoms with Crippen molar-refractivity contribution in [1.29, 1.82) is 0 Å². The van der Waals surface area contributed by atoms with Crippen molar-refractivity contribution in [2.24, 2.45) is 5.73 Å².